The van der Waals surface area contributed by atoms with Gasteiger partial charge in [0.05, 0.1) is 5.92 Å². The van der Waals surface area contributed by atoms with Crippen molar-refractivity contribution >= 4 is 17.7 Å². The van der Waals surface area contributed by atoms with Gasteiger partial charge in [0.25, 0.3) is 0 Å². The molecule has 0 amide bonds. The summed E-state index contributed by atoms with van der Waals surface area (Å²) in [5.41, 5.74) is 0. The van der Waals surface area contributed by atoms with Crippen molar-refractivity contribution in [1.82, 2.24) is 0 Å². The molecule has 0 aromatic carbocycles. The molecule has 1 saturated carbocycles. The summed E-state index contributed by atoms with van der Waals surface area (Å²) in [5, 5.41) is 8.52. The Bertz CT molecular complexity index is 136. The van der Waals surface area contributed by atoms with Gasteiger partial charge in [-0.05, 0) is 30.8 Å². The van der Waals surface area contributed by atoms with E-state index in [9.17, 15) is 4.79 Å². The van der Waals surface area contributed by atoms with Gasteiger partial charge in [0.15, 0.2) is 0 Å². The van der Waals surface area contributed by atoms with E-state index in [1.165, 1.54) is 0 Å². The molecule has 3 heteroatoms. The lowest BCUT2D eigenvalue weighted by atomic mass is 10.2. The highest BCUT2D eigenvalue weighted by molar-refractivity contribution is 7.98. The third-order valence-electron chi connectivity index (χ3n) is 1.93. The first kappa shape index (κ1) is 7.92. The molecule has 0 aromatic heterocycles. The second kappa shape index (κ2) is 3.28. The molecule has 0 heterocycles. The summed E-state index contributed by atoms with van der Waals surface area (Å²) in [6.07, 6.45) is 4.05. The maximum absolute atomic E-state index is 10.3. The van der Waals surface area contributed by atoms with Crippen molar-refractivity contribution in [3.05, 3.63) is 0 Å². The maximum atomic E-state index is 10.3. The van der Waals surface area contributed by atoms with Gasteiger partial charge >= 0.3 is 5.97 Å². The van der Waals surface area contributed by atoms with E-state index in [1.54, 1.807) is 11.8 Å². The van der Waals surface area contributed by atoms with Crippen LogP contribution >= 0.6 is 11.8 Å². The zero-order valence-electron chi connectivity index (χ0n) is 6.04. The van der Waals surface area contributed by atoms with E-state index in [1.807, 2.05) is 0 Å². The Morgan fingerprint density at radius 1 is 1.80 bits per heavy atom. The predicted octanol–water partition coefficient (Wildman–Crippen LogP) is 1.46. The van der Waals surface area contributed by atoms with E-state index in [-0.39, 0.29) is 5.92 Å². The summed E-state index contributed by atoms with van der Waals surface area (Å²) in [6.45, 7) is 0. The van der Waals surface area contributed by atoms with E-state index >= 15 is 0 Å². The Morgan fingerprint density at radius 3 is 2.90 bits per heavy atom. The number of aliphatic carboxylic acids is 1. The molecule has 0 saturated heterocycles. The van der Waals surface area contributed by atoms with Crippen molar-refractivity contribution in [2.24, 2.45) is 11.8 Å². The number of hydrogen-bond donors (Lipinski definition) is 1. The molecule has 0 unspecified atom stereocenters. The summed E-state index contributed by atoms with van der Waals surface area (Å²) in [7, 11) is 0. The lowest BCUT2D eigenvalue weighted by Gasteiger charge is -1.92. The highest BCUT2D eigenvalue weighted by Gasteiger charge is 2.42. The summed E-state index contributed by atoms with van der Waals surface area (Å²) in [6, 6.07) is 0. The number of carboxylic acid groups (broad SMARTS) is 1. The van der Waals surface area contributed by atoms with E-state index in [2.05, 4.69) is 6.26 Å². The number of hydrogen-bond acceptors (Lipinski definition) is 2. The molecular weight excluding hydrogens is 148 g/mol. The quantitative estimate of drug-likeness (QED) is 0.676. The Kier molecular flexibility index (Phi) is 2.60. The molecule has 1 fully saturated rings. The lowest BCUT2D eigenvalue weighted by molar-refractivity contribution is -0.138. The minimum absolute atomic E-state index is 0.00727. The molecule has 0 radical (unpaired) electrons. The van der Waals surface area contributed by atoms with Gasteiger partial charge in [-0.3, -0.25) is 4.79 Å². The zero-order valence-corrected chi connectivity index (χ0v) is 6.86. The van der Waals surface area contributed by atoms with Crippen molar-refractivity contribution in [1.29, 1.82) is 0 Å². The van der Waals surface area contributed by atoms with E-state index in [0.717, 1.165) is 18.6 Å². The smallest absolute Gasteiger partial charge is 0.306 e. The summed E-state index contributed by atoms with van der Waals surface area (Å²) in [5.74, 6) is 0.984. The van der Waals surface area contributed by atoms with Gasteiger partial charge in [-0.2, -0.15) is 11.8 Å². The molecule has 1 aliphatic rings. The van der Waals surface area contributed by atoms with Crippen molar-refractivity contribution in [3.8, 4) is 0 Å². The van der Waals surface area contributed by atoms with Crippen molar-refractivity contribution in [3.63, 3.8) is 0 Å². The second-order valence-electron chi connectivity index (χ2n) is 2.72. The molecule has 0 aliphatic heterocycles. The molecule has 10 heavy (non-hydrogen) atoms. The molecule has 1 N–H and O–H groups in total. The molecule has 1 rings (SSSR count). The second-order valence-corrected chi connectivity index (χ2v) is 3.71. The molecule has 2 nitrogen and oxygen atoms in total. The largest absolute Gasteiger partial charge is 0.481 e. The zero-order chi connectivity index (χ0) is 7.56. The van der Waals surface area contributed by atoms with Crippen molar-refractivity contribution in [2.45, 2.75) is 12.8 Å². The van der Waals surface area contributed by atoms with Crippen LogP contribution in [0.3, 0.4) is 0 Å². The van der Waals surface area contributed by atoms with Crippen LogP contribution < -0.4 is 0 Å². The summed E-state index contributed by atoms with van der Waals surface area (Å²) in [4.78, 5) is 10.3. The fourth-order valence-electron chi connectivity index (χ4n) is 1.14. The third kappa shape index (κ3) is 1.90. The average molecular weight is 160 g/mol. The third-order valence-corrected chi connectivity index (χ3v) is 2.58. The van der Waals surface area contributed by atoms with Crippen LogP contribution in [0.15, 0.2) is 0 Å². The van der Waals surface area contributed by atoms with Gasteiger partial charge < -0.3 is 5.11 Å². The topological polar surface area (TPSA) is 37.3 Å². The normalized spacial score (nSPS) is 30.1. The minimum Gasteiger partial charge on any atom is -0.481 e. The lowest BCUT2D eigenvalue weighted by Crippen LogP contribution is -1.99. The number of thioether (sulfide) groups is 1. The first-order valence-electron chi connectivity index (χ1n) is 3.47. The minimum atomic E-state index is -0.605. The number of rotatable bonds is 4. The van der Waals surface area contributed by atoms with Crippen LogP contribution in [0.4, 0.5) is 0 Å². The number of carboxylic acids is 1. The van der Waals surface area contributed by atoms with Crippen LogP contribution in [0.25, 0.3) is 0 Å². The fourth-order valence-corrected chi connectivity index (χ4v) is 1.68. The van der Waals surface area contributed by atoms with Crippen molar-refractivity contribution in [2.75, 3.05) is 12.0 Å². The molecule has 0 bridgehead atoms. The summed E-state index contributed by atoms with van der Waals surface area (Å²) >= 11 is 1.79. The van der Waals surface area contributed by atoms with Gasteiger partial charge in [0, 0.05) is 0 Å². The van der Waals surface area contributed by atoms with Crippen LogP contribution in [0.1, 0.15) is 12.8 Å². The van der Waals surface area contributed by atoms with Gasteiger partial charge in [0.2, 0.25) is 0 Å². The standard InChI is InChI=1S/C7H12O2S/c1-10-3-2-5-4-6(5)7(8)9/h5-6H,2-4H2,1H3,(H,8,9)/t5-,6-/m1/s1. The van der Waals surface area contributed by atoms with Crippen molar-refractivity contribution < 1.29 is 9.90 Å². The fraction of sp³-hybridized carbons (Fsp3) is 0.857. The van der Waals surface area contributed by atoms with E-state index in [4.69, 9.17) is 5.11 Å². The van der Waals surface area contributed by atoms with Gasteiger partial charge in [-0.25, -0.2) is 0 Å². The average Bonchev–Trinajstić information content (AvgIpc) is 2.62. The van der Waals surface area contributed by atoms with Gasteiger partial charge in [0.1, 0.15) is 0 Å². The van der Waals surface area contributed by atoms with Gasteiger partial charge in [-0.15, -0.1) is 0 Å². The number of carbonyl (C=O) groups is 1. The Hall–Kier alpha value is -0.180. The Morgan fingerprint density at radius 2 is 2.50 bits per heavy atom. The van der Waals surface area contributed by atoms with Gasteiger partial charge in [-0.1, -0.05) is 0 Å². The van der Waals surface area contributed by atoms with Crippen LogP contribution in [-0.4, -0.2) is 23.1 Å². The van der Waals surface area contributed by atoms with Crippen LogP contribution in [0, 0.1) is 11.8 Å². The van der Waals surface area contributed by atoms with E-state index in [0.29, 0.717) is 5.92 Å². The molecule has 0 spiro atoms. The highest BCUT2D eigenvalue weighted by Crippen LogP contribution is 2.41. The molecule has 2 atom stereocenters. The first-order valence-corrected chi connectivity index (χ1v) is 4.87. The Balaban J connectivity index is 2.08. The summed E-state index contributed by atoms with van der Waals surface area (Å²) < 4.78 is 0. The molecule has 1 aliphatic carbocycles. The maximum Gasteiger partial charge on any atom is 0.306 e. The Labute approximate surface area is 65.0 Å². The van der Waals surface area contributed by atoms with Crippen LogP contribution in [-0.2, 0) is 4.79 Å². The SMILES string of the molecule is CSCC[C@@H]1C[C@H]1C(=O)O. The molecule has 0 aromatic rings. The molecule has 58 valence electrons. The highest BCUT2D eigenvalue weighted by atomic mass is 32.2. The first-order chi connectivity index (χ1) is 4.75. The molecular formula is C7H12O2S. The van der Waals surface area contributed by atoms with E-state index < -0.39 is 5.97 Å². The van der Waals surface area contributed by atoms with Crippen LogP contribution in [0.5, 0.6) is 0 Å². The monoisotopic (exact) mass is 160 g/mol. The van der Waals surface area contributed by atoms with Crippen LogP contribution in [0.2, 0.25) is 0 Å². The predicted molar refractivity (Wildman–Crippen MR) is 42.2 cm³/mol.